The van der Waals surface area contributed by atoms with E-state index in [2.05, 4.69) is 10.1 Å². The topological polar surface area (TPSA) is 94.1 Å². The van der Waals surface area contributed by atoms with E-state index in [9.17, 15) is 32.3 Å². The third-order valence-electron chi connectivity index (χ3n) is 5.97. The molecule has 3 aromatic carbocycles. The standard InChI is InChI=1S/C28H25F4NO6/c29-21-7-10-23(11-8-21)37-16-22(34)14-33-15-24-9-5-20-13-19(6-12-25(20)38-24)17-1-3-18(4-2-17)26(35)39-27(36)28(30,31)32/h1-4,6-8,10-13,22,24,33-34H,5,9,14-16H2/t22-,24-/m1/s1. The Morgan fingerprint density at radius 3 is 2.41 bits per heavy atom. The summed E-state index contributed by atoms with van der Waals surface area (Å²) in [7, 11) is 0. The first-order valence-corrected chi connectivity index (χ1v) is 12.1. The predicted molar refractivity (Wildman–Crippen MR) is 132 cm³/mol. The van der Waals surface area contributed by atoms with Crippen molar-refractivity contribution in [1.29, 1.82) is 0 Å². The van der Waals surface area contributed by atoms with Crippen LogP contribution in [0.25, 0.3) is 11.1 Å². The number of aliphatic hydroxyl groups is 1. The van der Waals surface area contributed by atoms with E-state index in [0.29, 0.717) is 18.8 Å². The molecule has 39 heavy (non-hydrogen) atoms. The quantitative estimate of drug-likeness (QED) is 0.232. The Morgan fingerprint density at radius 1 is 1.03 bits per heavy atom. The monoisotopic (exact) mass is 547 g/mol. The van der Waals surface area contributed by atoms with Crippen LogP contribution in [0.5, 0.6) is 11.5 Å². The lowest BCUT2D eigenvalue weighted by molar-refractivity contribution is -0.193. The second-order valence-corrected chi connectivity index (χ2v) is 8.93. The van der Waals surface area contributed by atoms with Crippen LogP contribution >= 0.6 is 0 Å². The summed E-state index contributed by atoms with van der Waals surface area (Å²) in [6.45, 7) is 0.869. The zero-order valence-corrected chi connectivity index (χ0v) is 20.5. The maximum Gasteiger partial charge on any atom is 0.491 e. The highest BCUT2D eigenvalue weighted by molar-refractivity contribution is 5.98. The van der Waals surface area contributed by atoms with Crippen LogP contribution in [-0.2, 0) is 16.0 Å². The highest BCUT2D eigenvalue weighted by atomic mass is 19.4. The average Bonchev–Trinajstić information content (AvgIpc) is 2.92. The van der Waals surface area contributed by atoms with Crippen LogP contribution < -0.4 is 14.8 Å². The number of hydrogen-bond donors (Lipinski definition) is 2. The third-order valence-corrected chi connectivity index (χ3v) is 5.97. The van der Waals surface area contributed by atoms with Crippen molar-refractivity contribution in [1.82, 2.24) is 5.32 Å². The van der Waals surface area contributed by atoms with Gasteiger partial charge in [-0.2, -0.15) is 13.2 Å². The lowest BCUT2D eigenvalue weighted by Gasteiger charge is -2.27. The molecule has 11 heteroatoms. The minimum atomic E-state index is -5.25. The van der Waals surface area contributed by atoms with Gasteiger partial charge in [0.25, 0.3) is 0 Å². The summed E-state index contributed by atoms with van der Waals surface area (Å²) in [5.41, 5.74) is 2.34. The molecule has 0 spiro atoms. The number of halogens is 4. The van der Waals surface area contributed by atoms with Gasteiger partial charge >= 0.3 is 18.1 Å². The molecule has 3 aromatic rings. The number of benzene rings is 3. The molecular weight excluding hydrogens is 522 g/mol. The molecule has 0 amide bonds. The van der Waals surface area contributed by atoms with E-state index in [1.165, 1.54) is 36.4 Å². The van der Waals surface area contributed by atoms with Crippen LogP contribution in [0.1, 0.15) is 22.3 Å². The predicted octanol–water partition coefficient (Wildman–Crippen LogP) is 4.46. The Morgan fingerprint density at radius 2 is 1.72 bits per heavy atom. The number of fused-ring (bicyclic) bond motifs is 1. The highest BCUT2D eigenvalue weighted by Crippen LogP contribution is 2.32. The SMILES string of the molecule is O=C(OC(=O)C(F)(F)F)c1ccc(-c2ccc3c(c2)CC[C@H](CNC[C@@H](O)COc2ccc(F)cc2)O3)cc1. The molecule has 7 nitrogen and oxygen atoms in total. The molecule has 1 aliphatic rings. The smallest absolute Gasteiger partial charge is 0.491 e. The summed E-state index contributed by atoms with van der Waals surface area (Å²) in [5, 5.41) is 13.3. The summed E-state index contributed by atoms with van der Waals surface area (Å²) in [6, 6.07) is 16.8. The van der Waals surface area contributed by atoms with E-state index in [-0.39, 0.29) is 24.1 Å². The molecule has 1 heterocycles. The van der Waals surface area contributed by atoms with Crippen LogP contribution in [0.15, 0.2) is 66.7 Å². The van der Waals surface area contributed by atoms with Crippen LogP contribution in [0.4, 0.5) is 17.6 Å². The van der Waals surface area contributed by atoms with Crippen LogP contribution in [-0.4, -0.2) is 55.1 Å². The number of aryl methyl sites for hydroxylation is 1. The first kappa shape index (κ1) is 28.1. The number of carbonyl (C=O) groups excluding carboxylic acids is 2. The second-order valence-electron chi connectivity index (χ2n) is 8.93. The number of rotatable bonds is 9. The summed E-state index contributed by atoms with van der Waals surface area (Å²) >= 11 is 0. The van der Waals surface area contributed by atoms with Gasteiger partial charge < -0.3 is 24.6 Å². The molecule has 0 aliphatic carbocycles. The van der Waals surface area contributed by atoms with Crippen molar-refractivity contribution in [2.24, 2.45) is 0 Å². The van der Waals surface area contributed by atoms with Crippen molar-refractivity contribution >= 4 is 11.9 Å². The lowest BCUT2D eigenvalue weighted by Crippen LogP contribution is -2.39. The molecule has 2 N–H and O–H groups in total. The molecule has 0 fully saturated rings. The minimum absolute atomic E-state index is 0.0591. The van der Waals surface area contributed by atoms with E-state index in [0.717, 1.165) is 35.3 Å². The maximum atomic E-state index is 12.9. The van der Waals surface area contributed by atoms with Gasteiger partial charge in [0, 0.05) is 13.1 Å². The van der Waals surface area contributed by atoms with E-state index in [1.807, 2.05) is 18.2 Å². The van der Waals surface area contributed by atoms with Gasteiger partial charge in [-0.3, -0.25) is 0 Å². The molecule has 4 rings (SSSR count). The van der Waals surface area contributed by atoms with Crippen molar-refractivity contribution in [3.63, 3.8) is 0 Å². The lowest BCUT2D eigenvalue weighted by atomic mass is 9.96. The minimum Gasteiger partial charge on any atom is -0.491 e. The van der Waals surface area contributed by atoms with Gasteiger partial charge in [-0.05, 0) is 78.1 Å². The Balaban J connectivity index is 1.25. The number of hydrogen-bond acceptors (Lipinski definition) is 7. The number of esters is 2. The van der Waals surface area contributed by atoms with Crippen LogP contribution in [0.3, 0.4) is 0 Å². The third kappa shape index (κ3) is 7.78. The first-order valence-electron chi connectivity index (χ1n) is 12.1. The fraction of sp³-hybridized carbons (Fsp3) is 0.286. The van der Waals surface area contributed by atoms with Gasteiger partial charge in [0.15, 0.2) is 0 Å². The summed E-state index contributed by atoms with van der Waals surface area (Å²) in [6.07, 6.45) is -4.62. The number of carbonyl (C=O) groups is 2. The first-order chi connectivity index (χ1) is 18.6. The van der Waals surface area contributed by atoms with Gasteiger partial charge in [-0.1, -0.05) is 18.2 Å². The molecule has 2 atom stereocenters. The number of alkyl halides is 3. The van der Waals surface area contributed by atoms with Crippen molar-refractivity contribution < 1.29 is 46.5 Å². The maximum absolute atomic E-state index is 12.9. The van der Waals surface area contributed by atoms with Crippen LogP contribution in [0.2, 0.25) is 0 Å². The van der Waals surface area contributed by atoms with E-state index in [1.54, 1.807) is 12.1 Å². The molecule has 0 unspecified atom stereocenters. The molecule has 206 valence electrons. The zero-order valence-electron chi connectivity index (χ0n) is 20.5. The fourth-order valence-corrected chi connectivity index (χ4v) is 3.96. The molecular formula is C28H25F4NO6. The number of aliphatic hydroxyl groups excluding tert-OH is 1. The van der Waals surface area contributed by atoms with E-state index < -0.39 is 24.2 Å². The van der Waals surface area contributed by atoms with Gasteiger partial charge in [-0.25, -0.2) is 14.0 Å². The second kappa shape index (κ2) is 12.3. The van der Waals surface area contributed by atoms with Crippen molar-refractivity contribution in [3.05, 3.63) is 83.7 Å². The Labute approximate surface area is 221 Å². The summed E-state index contributed by atoms with van der Waals surface area (Å²) in [4.78, 5) is 22.6. The van der Waals surface area contributed by atoms with Gasteiger partial charge in [-0.15, -0.1) is 0 Å². The van der Waals surface area contributed by atoms with Crippen LogP contribution in [0, 0.1) is 5.82 Å². The molecule has 0 aromatic heterocycles. The van der Waals surface area contributed by atoms with Gasteiger partial charge in [0.1, 0.15) is 36.1 Å². The molecule has 0 radical (unpaired) electrons. The number of ether oxygens (including phenoxy) is 3. The highest BCUT2D eigenvalue weighted by Gasteiger charge is 2.42. The molecule has 0 saturated carbocycles. The summed E-state index contributed by atoms with van der Waals surface area (Å²) in [5.74, 6) is -3.11. The molecule has 0 bridgehead atoms. The van der Waals surface area contributed by atoms with E-state index >= 15 is 0 Å². The van der Waals surface area contributed by atoms with Crippen molar-refractivity contribution in [3.8, 4) is 22.6 Å². The zero-order chi connectivity index (χ0) is 28.0. The summed E-state index contributed by atoms with van der Waals surface area (Å²) < 4.78 is 65.2. The van der Waals surface area contributed by atoms with Gasteiger partial charge in [0.05, 0.1) is 5.56 Å². The van der Waals surface area contributed by atoms with Gasteiger partial charge in [0.2, 0.25) is 0 Å². The molecule has 0 saturated heterocycles. The average molecular weight is 548 g/mol. The largest absolute Gasteiger partial charge is 0.491 e. The Kier molecular flexibility index (Phi) is 8.82. The van der Waals surface area contributed by atoms with E-state index in [4.69, 9.17) is 9.47 Å². The Bertz CT molecular complexity index is 1290. The van der Waals surface area contributed by atoms with Crippen molar-refractivity contribution in [2.45, 2.75) is 31.2 Å². The fourth-order valence-electron chi connectivity index (χ4n) is 3.96. The molecule has 1 aliphatic heterocycles. The van der Waals surface area contributed by atoms with Crippen molar-refractivity contribution in [2.75, 3.05) is 19.7 Å². The Hall–Kier alpha value is -3.96. The number of nitrogens with one attached hydrogen (secondary N) is 1. The normalized spacial score (nSPS) is 15.6.